The maximum Gasteiger partial charge on any atom is 0.573 e. The van der Waals surface area contributed by atoms with E-state index in [0.717, 1.165) is 0 Å². The average Bonchev–Trinajstić information content (AvgIpc) is 2.33. The molecular formula is C14H12BrF3O2. The summed E-state index contributed by atoms with van der Waals surface area (Å²) in [5.41, 5.74) is 0.589. The van der Waals surface area contributed by atoms with Gasteiger partial charge in [-0.15, -0.1) is 13.2 Å². The molecule has 0 saturated carbocycles. The molecule has 0 atom stereocenters. The van der Waals surface area contributed by atoms with Crippen molar-refractivity contribution in [2.24, 2.45) is 0 Å². The average molecular weight is 349 g/mol. The third kappa shape index (κ3) is 5.97. The third-order valence-corrected chi connectivity index (χ3v) is 2.51. The molecule has 0 N–H and O–H groups in total. The summed E-state index contributed by atoms with van der Waals surface area (Å²) in [7, 11) is 0. The summed E-state index contributed by atoms with van der Waals surface area (Å²) in [5.74, 6) is -0.425. The Morgan fingerprint density at radius 1 is 1.30 bits per heavy atom. The fourth-order valence-corrected chi connectivity index (χ4v) is 1.57. The van der Waals surface area contributed by atoms with Crippen molar-refractivity contribution in [3.8, 4) is 11.5 Å². The predicted molar refractivity (Wildman–Crippen MR) is 74.8 cm³/mol. The van der Waals surface area contributed by atoms with Crippen LogP contribution >= 0.6 is 15.9 Å². The zero-order valence-electron chi connectivity index (χ0n) is 10.4. The van der Waals surface area contributed by atoms with Gasteiger partial charge in [0.1, 0.15) is 6.61 Å². The van der Waals surface area contributed by atoms with Crippen LogP contribution in [0.1, 0.15) is 0 Å². The second kappa shape index (κ2) is 7.19. The third-order valence-electron chi connectivity index (χ3n) is 2.01. The lowest BCUT2D eigenvalue weighted by molar-refractivity contribution is -0.275. The normalized spacial score (nSPS) is 11.4. The maximum atomic E-state index is 12.3. The highest BCUT2D eigenvalue weighted by Crippen LogP contribution is 2.34. The lowest BCUT2D eigenvalue weighted by atomic mass is 10.3. The van der Waals surface area contributed by atoms with E-state index in [1.807, 2.05) is 0 Å². The summed E-state index contributed by atoms with van der Waals surface area (Å²) in [4.78, 5) is 0. The van der Waals surface area contributed by atoms with Gasteiger partial charge in [0.25, 0.3) is 0 Å². The summed E-state index contributed by atoms with van der Waals surface area (Å²) in [6.45, 7) is 7.24. The van der Waals surface area contributed by atoms with E-state index >= 15 is 0 Å². The Morgan fingerprint density at radius 2 is 2.00 bits per heavy atom. The first-order valence-electron chi connectivity index (χ1n) is 5.47. The number of alkyl halides is 3. The highest BCUT2D eigenvalue weighted by Gasteiger charge is 2.32. The first-order chi connectivity index (χ1) is 9.31. The minimum atomic E-state index is -4.78. The fourth-order valence-electron chi connectivity index (χ4n) is 1.23. The van der Waals surface area contributed by atoms with Gasteiger partial charge in [0, 0.05) is 4.47 Å². The van der Waals surface area contributed by atoms with E-state index in [1.54, 1.807) is 24.3 Å². The molecule has 1 rings (SSSR count). The summed E-state index contributed by atoms with van der Waals surface area (Å²) >= 11 is 3.08. The van der Waals surface area contributed by atoms with E-state index < -0.39 is 12.1 Å². The molecule has 0 radical (unpaired) electrons. The lowest BCUT2D eigenvalue weighted by Crippen LogP contribution is -2.18. The monoisotopic (exact) mass is 348 g/mol. The van der Waals surface area contributed by atoms with Crippen molar-refractivity contribution in [1.82, 2.24) is 0 Å². The number of halogens is 4. The number of hydrogen-bond acceptors (Lipinski definition) is 2. The van der Waals surface area contributed by atoms with Crippen molar-refractivity contribution in [3.05, 3.63) is 59.6 Å². The molecule has 0 aliphatic rings. The van der Waals surface area contributed by atoms with Gasteiger partial charge in [-0.3, -0.25) is 0 Å². The molecule has 0 fully saturated rings. The highest BCUT2D eigenvalue weighted by molar-refractivity contribution is 9.10. The van der Waals surface area contributed by atoms with Crippen molar-refractivity contribution in [2.75, 3.05) is 6.61 Å². The molecule has 0 spiro atoms. The molecule has 20 heavy (non-hydrogen) atoms. The predicted octanol–water partition coefficient (Wildman–Crippen LogP) is 5.02. The van der Waals surface area contributed by atoms with Crippen LogP contribution in [-0.2, 0) is 0 Å². The van der Waals surface area contributed by atoms with Gasteiger partial charge in [0.15, 0.2) is 11.5 Å². The van der Waals surface area contributed by atoms with E-state index in [4.69, 9.17) is 4.74 Å². The molecule has 0 saturated heterocycles. The summed E-state index contributed by atoms with van der Waals surface area (Å²) < 4.78 is 46.5. The molecule has 0 unspecified atom stereocenters. The molecule has 0 heterocycles. The first kappa shape index (κ1) is 16.4. The minimum Gasteiger partial charge on any atom is -0.485 e. The number of allylic oxidation sites excluding steroid dienone is 2. The molecule has 2 nitrogen and oxygen atoms in total. The standard InChI is InChI=1S/C14H12BrF3O2/c1-3-4-5-10(2)9-19-12-7-6-11(15)8-13(12)20-14(16,17)18/h3-8H,1-2,9H2/b5-4-. The van der Waals surface area contributed by atoms with E-state index in [9.17, 15) is 13.2 Å². The van der Waals surface area contributed by atoms with Crippen LogP contribution in [0, 0.1) is 0 Å². The van der Waals surface area contributed by atoms with Crippen molar-refractivity contribution in [3.63, 3.8) is 0 Å². The van der Waals surface area contributed by atoms with Gasteiger partial charge in [-0.2, -0.15) is 0 Å². The Kier molecular flexibility index (Phi) is 5.88. The van der Waals surface area contributed by atoms with Gasteiger partial charge in [0.05, 0.1) is 0 Å². The smallest absolute Gasteiger partial charge is 0.485 e. The molecule has 0 aromatic heterocycles. The zero-order valence-corrected chi connectivity index (χ0v) is 12.0. The SMILES string of the molecule is C=C/C=C\C(=C)COc1ccc(Br)cc1OC(F)(F)F. The Balaban J connectivity index is 2.81. The van der Waals surface area contributed by atoms with Crippen molar-refractivity contribution >= 4 is 15.9 Å². The molecule has 6 heteroatoms. The molecular weight excluding hydrogens is 337 g/mol. The van der Waals surface area contributed by atoms with Crippen LogP contribution in [0.3, 0.4) is 0 Å². The molecule has 0 amide bonds. The molecule has 108 valence electrons. The number of benzene rings is 1. The topological polar surface area (TPSA) is 18.5 Å². The van der Waals surface area contributed by atoms with Crippen LogP contribution in [0.4, 0.5) is 13.2 Å². The van der Waals surface area contributed by atoms with E-state index in [2.05, 4.69) is 33.8 Å². The van der Waals surface area contributed by atoms with Crippen molar-refractivity contribution < 1.29 is 22.6 Å². The van der Waals surface area contributed by atoms with Gasteiger partial charge in [-0.05, 0) is 23.8 Å². The summed E-state index contributed by atoms with van der Waals surface area (Å²) in [6.07, 6.45) is 0.0816. The highest BCUT2D eigenvalue weighted by atomic mass is 79.9. The van der Waals surface area contributed by atoms with Gasteiger partial charge in [-0.25, -0.2) is 0 Å². The second-order valence-electron chi connectivity index (χ2n) is 3.68. The minimum absolute atomic E-state index is 0.0151. The zero-order chi connectivity index (χ0) is 15.2. The largest absolute Gasteiger partial charge is 0.573 e. The maximum absolute atomic E-state index is 12.3. The van der Waals surface area contributed by atoms with Crippen LogP contribution in [-0.4, -0.2) is 13.0 Å². The summed E-state index contributed by atoms with van der Waals surface area (Å²) in [6, 6.07) is 4.13. The van der Waals surface area contributed by atoms with Crippen molar-refractivity contribution in [1.29, 1.82) is 0 Å². The quantitative estimate of drug-likeness (QED) is 0.671. The summed E-state index contributed by atoms with van der Waals surface area (Å²) in [5, 5.41) is 0. The molecule has 1 aromatic carbocycles. The van der Waals surface area contributed by atoms with E-state index in [0.29, 0.717) is 10.0 Å². The second-order valence-corrected chi connectivity index (χ2v) is 4.60. The van der Waals surface area contributed by atoms with Gasteiger partial charge >= 0.3 is 6.36 Å². The Hall–Kier alpha value is -1.69. The van der Waals surface area contributed by atoms with Crippen LogP contribution in [0.2, 0.25) is 0 Å². The fraction of sp³-hybridized carbons (Fsp3) is 0.143. The van der Waals surface area contributed by atoms with Crippen molar-refractivity contribution in [2.45, 2.75) is 6.36 Å². The molecule has 0 aliphatic carbocycles. The Bertz CT molecular complexity index is 522. The van der Waals surface area contributed by atoms with Gasteiger partial charge < -0.3 is 9.47 Å². The van der Waals surface area contributed by atoms with E-state index in [1.165, 1.54) is 12.1 Å². The first-order valence-corrected chi connectivity index (χ1v) is 6.26. The Morgan fingerprint density at radius 3 is 2.60 bits per heavy atom. The number of hydrogen-bond donors (Lipinski definition) is 0. The van der Waals surface area contributed by atoms with E-state index in [-0.39, 0.29) is 12.4 Å². The number of ether oxygens (including phenoxy) is 2. The lowest BCUT2D eigenvalue weighted by Gasteiger charge is -2.14. The van der Waals surface area contributed by atoms with Crippen LogP contribution in [0.5, 0.6) is 11.5 Å². The Labute approximate surface area is 123 Å². The molecule has 1 aromatic rings. The van der Waals surface area contributed by atoms with Gasteiger partial charge in [0.2, 0.25) is 0 Å². The van der Waals surface area contributed by atoms with Crippen LogP contribution < -0.4 is 9.47 Å². The number of rotatable bonds is 6. The molecule has 0 aliphatic heterocycles. The van der Waals surface area contributed by atoms with Gasteiger partial charge in [-0.1, -0.05) is 47.3 Å². The van der Waals surface area contributed by atoms with Crippen LogP contribution in [0.15, 0.2) is 59.6 Å². The molecule has 0 bridgehead atoms. The van der Waals surface area contributed by atoms with Crippen LogP contribution in [0.25, 0.3) is 0 Å².